The van der Waals surface area contributed by atoms with Gasteiger partial charge in [0.2, 0.25) is 5.78 Å². The van der Waals surface area contributed by atoms with Crippen molar-refractivity contribution in [3.8, 4) is 0 Å². The molecular formula is C15H17NO6. The van der Waals surface area contributed by atoms with Crippen molar-refractivity contribution in [1.29, 1.82) is 0 Å². The minimum Gasteiger partial charge on any atom is -0.466 e. The van der Waals surface area contributed by atoms with Gasteiger partial charge in [-0.05, 0) is 26.0 Å². The second-order valence-electron chi connectivity index (χ2n) is 5.07. The first-order valence-electron chi connectivity index (χ1n) is 6.43. The van der Waals surface area contributed by atoms with Gasteiger partial charge in [-0.15, -0.1) is 0 Å². The fourth-order valence-electron chi connectivity index (χ4n) is 1.45. The van der Waals surface area contributed by atoms with Gasteiger partial charge in [-0.25, -0.2) is 9.59 Å². The van der Waals surface area contributed by atoms with E-state index in [2.05, 4.69) is 4.74 Å². The van der Waals surface area contributed by atoms with Crippen LogP contribution in [0.4, 0.5) is 0 Å². The summed E-state index contributed by atoms with van der Waals surface area (Å²) >= 11 is 0. The molecule has 0 bridgehead atoms. The lowest BCUT2D eigenvalue weighted by molar-refractivity contribution is -0.144. The van der Waals surface area contributed by atoms with E-state index in [0.717, 1.165) is 16.7 Å². The van der Waals surface area contributed by atoms with Crippen molar-refractivity contribution < 1.29 is 28.7 Å². The molecule has 22 heavy (non-hydrogen) atoms. The van der Waals surface area contributed by atoms with Gasteiger partial charge in [0.15, 0.2) is 0 Å². The van der Waals surface area contributed by atoms with Crippen molar-refractivity contribution in [3.63, 3.8) is 0 Å². The van der Waals surface area contributed by atoms with Gasteiger partial charge in [0, 0.05) is 24.5 Å². The summed E-state index contributed by atoms with van der Waals surface area (Å²) < 4.78 is 10.4. The average molecular weight is 307 g/mol. The van der Waals surface area contributed by atoms with E-state index in [1.165, 1.54) is 33.4 Å². The number of nitrogens with zero attached hydrogens (tertiary/aromatic N) is 1. The highest BCUT2D eigenvalue weighted by Crippen LogP contribution is 2.18. The van der Waals surface area contributed by atoms with Crippen LogP contribution in [0.3, 0.4) is 0 Å². The Bertz CT molecular complexity index is 598. The lowest BCUT2D eigenvalue weighted by atomic mass is 9.88. The van der Waals surface area contributed by atoms with Crippen LogP contribution in [0.1, 0.15) is 18.6 Å². The molecule has 0 radical (unpaired) electrons. The molecule has 0 atom stereocenters. The van der Waals surface area contributed by atoms with Crippen molar-refractivity contribution >= 4 is 23.6 Å². The average Bonchev–Trinajstić information content (AvgIpc) is 3.03. The maximum atomic E-state index is 12.1. The predicted molar refractivity (Wildman–Crippen MR) is 76.0 cm³/mol. The van der Waals surface area contributed by atoms with E-state index in [4.69, 9.17) is 4.74 Å². The maximum Gasteiger partial charge on any atom is 0.331 e. The van der Waals surface area contributed by atoms with Gasteiger partial charge in [0.25, 0.3) is 5.91 Å². The molecule has 0 saturated carbocycles. The maximum absolute atomic E-state index is 12.1. The highest BCUT2D eigenvalue weighted by atomic mass is 16.5. The van der Waals surface area contributed by atoms with Gasteiger partial charge in [0.05, 0.1) is 12.5 Å². The molecule has 0 amide bonds. The molecule has 1 heterocycles. The summed E-state index contributed by atoms with van der Waals surface area (Å²) in [6.45, 7) is 2.70. The van der Waals surface area contributed by atoms with Crippen LogP contribution in [-0.4, -0.2) is 41.9 Å². The zero-order valence-electron chi connectivity index (χ0n) is 12.6. The van der Waals surface area contributed by atoms with E-state index in [1.54, 1.807) is 12.1 Å². The lowest BCUT2D eigenvalue weighted by Crippen LogP contribution is -2.38. The van der Waals surface area contributed by atoms with Gasteiger partial charge >= 0.3 is 11.9 Å². The summed E-state index contributed by atoms with van der Waals surface area (Å²) in [6.07, 6.45) is 4.71. The molecule has 1 aromatic heterocycles. The normalized spacial score (nSPS) is 11.2. The van der Waals surface area contributed by atoms with Crippen LogP contribution in [0, 0.1) is 5.41 Å². The third kappa shape index (κ3) is 4.69. The molecule has 0 aliphatic heterocycles. The molecular weight excluding hydrogens is 290 g/mol. The Morgan fingerprint density at radius 3 is 2.14 bits per heavy atom. The van der Waals surface area contributed by atoms with Crippen LogP contribution in [0.15, 0.2) is 36.7 Å². The first-order valence-corrected chi connectivity index (χ1v) is 6.43. The number of ketones is 1. The number of carbonyl (C=O) groups excluding carboxylic acids is 4. The van der Waals surface area contributed by atoms with Crippen LogP contribution < -0.4 is 0 Å². The van der Waals surface area contributed by atoms with Crippen LogP contribution in [0.5, 0.6) is 0 Å². The Hall–Kier alpha value is -2.70. The molecule has 7 nitrogen and oxygen atoms in total. The van der Waals surface area contributed by atoms with E-state index >= 15 is 0 Å². The minimum absolute atomic E-state index is 0.289. The van der Waals surface area contributed by atoms with Crippen molar-refractivity contribution in [2.75, 3.05) is 13.7 Å². The number of methoxy groups -OCH3 is 1. The Kier molecular flexibility index (Phi) is 5.80. The molecule has 0 aliphatic rings. The number of hydrogen-bond donors (Lipinski definition) is 0. The molecule has 0 saturated heterocycles. The Balaban J connectivity index is 2.61. The van der Waals surface area contributed by atoms with Crippen molar-refractivity contribution in [3.05, 3.63) is 36.7 Å². The fourth-order valence-corrected chi connectivity index (χ4v) is 1.45. The van der Waals surface area contributed by atoms with Crippen molar-refractivity contribution in [2.45, 2.75) is 13.8 Å². The SMILES string of the molecule is COC(=O)/C=C/C(=O)OCC(C)(C)C(=O)C(=O)n1cccc1. The predicted octanol–water partition coefficient (Wildman–Crippen LogP) is 0.996. The highest BCUT2D eigenvalue weighted by molar-refractivity contribution is 6.38. The van der Waals surface area contributed by atoms with Crippen LogP contribution in [0.2, 0.25) is 0 Å². The summed E-state index contributed by atoms with van der Waals surface area (Å²) in [5.41, 5.74) is -1.18. The number of hydrogen-bond acceptors (Lipinski definition) is 6. The van der Waals surface area contributed by atoms with E-state index in [1.807, 2.05) is 0 Å². The standard InChI is InChI=1S/C15H17NO6/c1-15(2,10-22-12(18)7-6-11(17)21-3)13(19)14(20)16-8-4-5-9-16/h4-9H,10H2,1-3H3/b7-6+. The Morgan fingerprint density at radius 1 is 1.05 bits per heavy atom. The number of aromatic nitrogens is 1. The van der Waals surface area contributed by atoms with Crippen LogP contribution in [-0.2, 0) is 23.9 Å². The van der Waals surface area contributed by atoms with E-state index in [9.17, 15) is 19.2 Å². The first-order chi connectivity index (χ1) is 10.3. The molecule has 0 N–H and O–H groups in total. The van der Waals surface area contributed by atoms with Crippen molar-refractivity contribution in [2.24, 2.45) is 5.41 Å². The van der Waals surface area contributed by atoms with E-state index in [-0.39, 0.29) is 6.61 Å². The van der Waals surface area contributed by atoms with Gasteiger partial charge in [-0.1, -0.05) is 0 Å². The minimum atomic E-state index is -1.18. The molecule has 0 spiro atoms. The number of esters is 2. The number of Topliss-reactive ketones (excluding diaryl/α,β-unsaturated/α-hetero) is 1. The third-order valence-electron chi connectivity index (χ3n) is 2.78. The highest BCUT2D eigenvalue weighted by Gasteiger charge is 2.35. The van der Waals surface area contributed by atoms with Crippen LogP contribution in [0.25, 0.3) is 0 Å². The largest absolute Gasteiger partial charge is 0.466 e. The summed E-state index contributed by atoms with van der Waals surface area (Å²) in [4.78, 5) is 46.3. The monoisotopic (exact) mass is 307 g/mol. The fraction of sp³-hybridized carbons (Fsp3) is 0.333. The second-order valence-corrected chi connectivity index (χ2v) is 5.07. The summed E-state index contributed by atoms with van der Waals surface area (Å²) in [5.74, 6) is -2.90. The third-order valence-corrected chi connectivity index (χ3v) is 2.78. The molecule has 0 unspecified atom stereocenters. The topological polar surface area (TPSA) is 91.7 Å². The smallest absolute Gasteiger partial charge is 0.331 e. The molecule has 7 heteroatoms. The zero-order valence-corrected chi connectivity index (χ0v) is 12.6. The second kappa shape index (κ2) is 7.35. The molecule has 0 aromatic carbocycles. The zero-order chi connectivity index (χ0) is 16.8. The number of rotatable bonds is 6. The van der Waals surface area contributed by atoms with Gasteiger partial charge in [-0.2, -0.15) is 0 Å². The number of carbonyl (C=O) groups is 4. The first kappa shape index (κ1) is 17.4. The van der Waals surface area contributed by atoms with E-state index in [0.29, 0.717) is 0 Å². The van der Waals surface area contributed by atoms with Crippen molar-refractivity contribution in [1.82, 2.24) is 4.57 Å². The van der Waals surface area contributed by atoms with Gasteiger partial charge < -0.3 is 9.47 Å². The summed E-state index contributed by atoms with van der Waals surface area (Å²) in [6, 6.07) is 3.24. The molecule has 1 rings (SSSR count). The Labute approximate surface area is 127 Å². The molecule has 118 valence electrons. The lowest BCUT2D eigenvalue weighted by Gasteiger charge is -2.21. The van der Waals surface area contributed by atoms with E-state index < -0.39 is 29.0 Å². The van der Waals surface area contributed by atoms with Gasteiger partial charge in [0.1, 0.15) is 6.61 Å². The van der Waals surface area contributed by atoms with Crippen LogP contribution >= 0.6 is 0 Å². The number of ether oxygens (including phenoxy) is 2. The van der Waals surface area contributed by atoms with Gasteiger partial charge in [-0.3, -0.25) is 14.2 Å². The molecule has 0 fully saturated rings. The quantitative estimate of drug-likeness (QED) is 0.442. The summed E-state index contributed by atoms with van der Waals surface area (Å²) in [5, 5.41) is 0. The Morgan fingerprint density at radius 2 is 1.59 bits per heavy atom. The molecule has 0 aliphatic carbocycles. The molecule has 1 aromatic rings. The summed E-state index contributed by atoms with van der Waals surface area (Å²) in [7, 11) is 1.17.